The maximum absolute atomic E-state index is 13.5. The van der Waals surface area contributed by atoms with E-state index in [0.717, 1.165) is 50.5 Å². The van der Waals surface area contributed by atoms with Crippen LogP contribution in [0.5, 0.6) is 0 Å². The van der Waals surface area contributed by atoms with E-state index >= 15 is 0 Å². The fourth-order valence-electron chi connectivity index (χ4n) is 12.2. The first kappa shape index (κ1) is 26.4. The summed E-state index contributed by atoms with van der Waals surface area (Å²) in [5.74, 6) is 0.775. The van der Waals surface area contributed by atoms with Crippen molar-refractivity contribution >= 4 is 11.8 Å². The van der Waals surface area contributed by atoms with Gasteiger partial charge in [0.1, 0.15) is 5.78 Å². The molecule has 36 heavy (non-hydrogen) atoms. The highest BCUT2D eigenvalue weighted by molar-refractivity contribution is 5.83. The van der Waals surface area contributed by atoms with Gasteiger partial charge in [0.05, 0.1) is 11.5 Å². The first-order valence-corrected chi connectivity index (χ1v) is 14.7. The van der Waals surface area contributed by atoms with Crippen LogP contribution in [0.15, 0.2) is 12.2 Å². The molecular formula is C32H50O4. The molecule has 4 nitrogen and oxygen atoms in total. The molecule has 2 N–H and O–H groups in total. The summed E-state index contributed by atoms with van der Waals surface area (Å²) in [5.41, 5.74) is 0.104. The summed E-state index contributed by atoms with van der Waals surface area (Å²) in [5, 5.41) is 21.6. The van der Waals surface area contributed by atoms with Crippen molar-refractivity contribution in [2.75, 3.05) is 0 Å². The average molecular weight is 499 g/mol. The van der Waals surface area contributed by atoms with Crippen molar-refractivity contribution in [3.05, 3.63) is 12.2 Å². The van der Waals surface area contributed by atoms with E-state index in [1.807, 2.05) is 0 Å². The summed E-state index contributed by atoms with van der Waals surface area (Å²) in [6, 6.07) is 0. The van der Waals surface area contributed by atoms with E-state index in [1.54, 1.807) is 6.92 Å². The van der Waals surface area contributed by atoms with Gasteiger partial charge in [-0.15, -0.1) is 0 Å². The molecule has 202 valence electrons. The molecule has 5 aliphatic carbocycles. The number of rotatable bonds is 3. The number of fused-ring (bicyclic) bond motifs is 7. The highest BCUT2D eigenvalue weighted by Crippen LogP contribution is 2.78. The molecule has 0 aromatic rings. The molecule has 5 aliphatic rings. The Hall–Kier alpha value is -1.16. The van der Waals surface area contributed by atoms with Crippen LogP contribution in [0.25, 0.3) is 0 Å². The summed E-state index contributed by atoms with van der Waals surface area (Å²) in [4.78, 5) is 26.5. The predicted molar refractivity (Wildman–Crippen MR) is 142 cm³/mol. The van der Waals surface area contributed by atoms with Gasteiger partial charge in [-0.1, -0.05) is 46.8 Å². The largest absolute Gasteiger partial charge is 0.481 e. The van der Waals surface area contributed by atoms with Gasteiger partial charge < -0.3 is 10.2 Å². The molecule has 0 heterocycles. The SMILES string of the molecule is C=C(C)[C@@H]1CC[C@]2(C(=O)O)CC(C(C)=O)[C@]3(C)[C@H](CC[C@@H]4[C@@]5(C)CC[C@H](O)C(C)(C)[C@@H]5CC[C@]43C)[C@@H]12. The highest BCUT2D eigenvalue weighted by atomic mass is 16.4. The Bertz CT molecular complexity index is 983. The number of aliphatic hydroxyl groups excluding tert-OH is 1. The second kappa shape index (κ2) is 7.93. The molecule has 11 atom stereocenters. The van der Waals surface area contributed by atoms with Crippen LogP contribution < -0.4 is 0 Å². The molecule has 0 aromatic carbocycles. The molecule has 0 aromatic heterocycles. The number of hydrogen-bond donors (Lipinski definition) is 2. The quantitative estimate of drug-likeness (QED) is 0.415. The Morgan fingerprint density at radius 1 is 0.861 bits per heavy atom. The average Bonchev–Trinajstić information content (AvgIpc) is 3.17. The van der Waals surface area contributed by atoms with Crippen LogP contribution in [-0.2, 0) is 9.59 Å². The number of carboxylic acids is 1. The number of carboxylic acid groups (broad SMARTS) is 1. The predicted octanol–water partition coefficient (Wildman–Crippen LogP) is 6.90. The van der Waals surface area contributed by atoms with E-state index in [-0.39, 0.29) is 57.2 Å². The van der Waals surface area contributed by atoms with Crippen LogP contribution in [0.1, 0.15) is 106 Å². The molecule has 5 rings (SSSR count). The van der Waals surface area contributed by atoms with Gasteiger partial charge in [-0.05, 0) is 123 Å². The highest BCUT2D eigenvalue weighted by Gasteiger charge is 2.74. The lowest BCUT2D eigenvalue weighted by atomic mass is 9.30. The van der Waals surface area contributed by atoms with E-state index < -0.39 is 11.4 Å². The van der Waals surface area contributed by atoms with Crippen LogP contribution in [0, 0.1) is 62.6 Å². The van der Waals surface area contributed by atoms with E-state index in [4.69, 9.17) is 0 Å². The molecule has 0 spiro atoms. The molecule has 5 fully saturated rings. The van der Waals surface area contributed by atoms with Crippen molar-refractivity contribution in [2.45, 2.75) is 112 Å². The van der Waals surface area contributed by atoms with Crippen LogP contribution in [0.3, 0.4) is 0 Å². The fourth-order valence-corrected chi connectivity index (χ4v) is 12.2. The van der Waals surface area contributed by atoms with Crippen molar-refractivity contribution < 1.29 is 19.8 Å². The van der Waals surface area contributed by atoms with Gasteiger partial charge in [0.2, 0.25) is 0 Å². The minimum absolute atomic E-state index is 0.0250. The molecule has 0 saturated heterocycles. The summed E-state index contributed by atoms with van der Waals surface area (Å²) >= 11 is 0. The minimum atomic E-state index is -0.800. The van der Waals surface area contributed by atoms with Gasteiger partial charge in [-0.3, -0.25) is 9.59 Å². The zero-order valence-corrected chi connectivity index (χ0v) is 23.8. The summed E-state index contributed by atoms with van der Waals surface area (Å²) in [6.07, 6.45) is 7.96. The first-order chi connectivity index (χ1) is 16.6. The molecule has 5 saturated carbocycles. The normalized spacial score (nSPS) is 53.4. The lowest BCUT2D eigenvalue weighted by molar-refractivity contribution is -0.261. The van der Waals surface area contributed by atoms with Crippen molar-refractivity contribution in [1.82, 2.24) is 0 Å². The maximum Gasteiger partial charge on any atom is 0.309 e. The molecule has 0 aliphatic heterocycles. The Balaban J connectivity index is 1.66. The number of allylic oxidation sites excluding steroid dienone is 1. The molecule has 4 heteroatoms. The van der Waals surface area contributed by atoms with Crippen molar-refractivity contribution in [3.8, 4) is 0 Å². The second-order valence-corrected chi connectivity index (χ2v) is 15.3. The third-order valence-corrected chi connectivity index (χ3v) is 14.0. The number of carbonyl (C=O) groups is 2. The number of ketones is 1. The van der Waals surface area contributed by atoms with Gasteiger partial charge in [0.15, 0.2) is 0 Å². The Labute approximate surface area is 218 Å². The third kappa shape index (κ3) is 2.97. The Morgan fingerprint density at radius 3 is 2.11 bits per heavy atom. The van der Waals surface area contributed by atoms with E-state index in [0.29, 0.717) is 24.7 Å². The van der Waals surface area contributed by atoms with Gasteiger partial charge in [0, 0.05) is 5.92 Å². The standard InChI is InChI=1S/C32H50O4/c1-18(2)20-11-16-32(27(35)36)17-22(19(3)33)31(8)21(26(20)32)9-10-24-29(6)14-13-25(34)28(4,5)23(29)12-15-30(24,31)7/h20-26,34H,1,9-17H2,2-8H3,(H,35,36)/t20-,21+,22?,23-,24+,25-,26+,29-,30+,31-,32-/m0/s1. The summed E-state index contributed by atoms with van der Waals surface area (Å²) in [6.45, 7) is 20.1. The van der Waals surface area contributed by atoms with Gasteiger partial charge >= 0.3 is 5.97 Å². The summed E-state index contributed by atoms with van der Waals surface area (Å²) < 4.78 is 0. The third-order valence-electron chi connectivity index (χ3n) is 14.0. The van der Waals surface area contributed by atoms with Crippen LogP contribution in [0.4, 0.5) is 0 Å². The number of aliphatic carboxylic acids is 1. The zero-order chi connectivity index (χ0) is 26.6. The Kier molecular flexibility index (Phi) is 5.83. The van der Waals surface area contributed by atoms with E-state index in [1.165, 1.54) is 0 Å². The van der Waals surface area contributed by atoms with Crippen LogP contribution in [-0.4, -0.2) is 28.1 Å². The molecular weight excluding hydrogens is 448 g/mol. The van der Waals surface area contributed by atoms with Crippen molar-refractivity contribution in [3.63, 3.8) is 0 Å². The molecule has 1 unspecified atom stereocenters. The van der Waals surface area contributed by atoms with E-state index in [2.05, 4.69) is 48.1 Å². The topological polar surface area (TPSA) is 74.6 Å². The molecule has 0 bridgehead atoms. The maximum atomic E-state index is 13.5. The Morgan fingerprint density at radius 2 is 1.53 bits per heavy atom. The number of hydrogen-bond acceptors (Lipinski definition) is 3. The smallest absolute Gasteiger partial charge is 0.309 e. The van der Waals surface area contributed by atoms with E-state index in [9.17, 15) is 19.8 Å². The first-order valence-electron chi connectivity index (χ1n) is 14.7. The van der Waals surface area contributed by atoms with Crippen molar-refractivity contribution in [2.24, 2.45) is 62.6 Å². The number of aliphatic hydroxyl groups is 1. The molecule has 0 radical (unpaired) electrons. The van der Waals surface area contributed by atoms with Crippen molar-refractivity contribution in [1.29, 1.82) is 0 Å². The summed E-state index contributed by atoms with van der Waals surface area (Å²) in [7, 11) is 0. The lowest BCUT2D eigenvalue weighted by Crippen LogP contribution is -2.70. The van der Waals surface area contributed by atoms with Crippen LogP contribution in [0.2, 0.25) is 0 Å². The monoisotopic (exact) mass is 498 g/mol. The minimum Gasteiger partial charge on any atom is -0.481 e. The second-order valence-electron chi connectivity index (χ2n) is 15.3. The number of Topliss-reactive ketones (excluding diaryl/α,β-unsaturated/α-hetero) is 1. The van der Waals surface area contributed by atoms with Crippen LogP contribution >= 0.6 is 0 Å². The number of carbonyl (C=O) groups excluding carboxylic acids is 1. The van der Waals surface area contributed by atoms with Gasteiger partial charge in [-0.2, -0.15) is 0 Å². The van der Waals surface area contributed by atoms with Gasteiger partial charge in [0.25, 0.3) is 0 Å². The molecule has 0 amide bonds. The fraction of sp³-hybridized carbons (Fsp3) is 0.875. The zero-order valence-electron chi connectivity index (χ0n) is 23.8. The lowest BCUT2D eigenvalue weighted by Gasteiger charge is -2.74. The van der Waals surface area contributed by atoms with Gasteiger partial charge in [-0.25, -0.2) is 0 Å².